The predicted octanol–water partition coefficient (Wildman–Crippen LogP) is 4.67. The van der Waals surface area contributed by atoms with Crippen LogP contribution in [0.4, 0.5) is 0 Å². The second-order valence-corrected chi connectivity index (χ2v) is 11.3. The first-order valence-electron chi connectivity index (χ1n) is 14.6. The Hall–Kier alpha value is -5.20. The molecule has 250 valence electrons. The first-order chi connectivity index (χ1) is 22.9. The van der Waals surface area contributed by atoms with Crippen LogP contribution in [0, 0.1) is 0 Å². The van der Waals surface area contributed by atoms with Crippen molar-refractivity contribution in [2.75, 3.05) is 13.1 Å². The van der Waals surface area contributed by atoms with Gasteiger partial charge in [0.1, 0.15) is 24.7 Å². The van der Waals surface area contributed by atoms with E-state index in [1.54, 1.807) is 72.8 Å². The molecular formula is C34H32Cl2N4O8. The third kappa shape index (κ3) is 12.9. The summed E-state index contributed by atoms with van der Waals surface area (Å²) in [5, 5.41) is 28.9. The van der Waals surface area contributed by atoms with Crippen molar-refractivity contribution in [3.63, 3.8) is 0 Å². The Balaban J connectivity index is 1.57. The maximum Gasteiger partial charge on any atom is 0.325 e. The number of carbonyl (C=O) groups excluding carboxylic acids is 4. The Morgan fingerprint density at radius 1 is 0.562 bits per heavy atom. The maximum atomic E-state index is 12.7. The third-order valence-electron chi connectivity index (χ3n) is 6.70. The summed E-state index contributed by atoms with van der Waals surface area (Å²) >= 11 is 12.2. The Morgan fingerprint density at radius 3 is 1.25 bits per heavy atom. The van der Waals surface area contributed by atoms with E-state index < -0.39 is 36.8 Å². The van der Waals surface area contributed by atoms with Crippen LogP contribution < -0.4 is 0 Å². The normalized spacial score (nSPS) is 11.0. The number of rotatable bonds is 18. The van der Waals surface area contributed by atoms with Crippen molar-refractivity contribution in [2.24, 2.45) is 10.2 Å². The van der Waals surface area contributed by atoms with Crippen molar-refractivity contribution in [3.05, 3.63) is 105 Å². The Bertz CT molecular complexity index is 1580. The van der Waals surface area contributed by atoms with Gasteiger partial charge in [0.2, 0.25) is 11.8 Å². The number of hydrogen-bond acceptors (Lipinski definition) is 8. The summed E-state index contributed by atoms with van der Waals surface area (Å²) < 4.78 is 0. The van der Waals surface area contributed by atoms with Gasteiger partial charge in [-0.15, -0.1) is 0 Å². The minimum absolute atomic E-state index is 0.0389. The number of benzene rings is 3. The molecule has 0 bridgehead atoms. The lowest BCUT2D eigenvalue weighted by molar-refractivity contribution is -0.144. The molecule has 0 aromatic heterocycles. The van der Waals surface area contributed by atoms with E-state index in [4.69, 9.17) is 23.2 Å². The minimum Gasteiger partial charge on any atom is -0.480 e. The molecule has 3 aromatic rings. The number of halogens is 2. The summed E-state index contributed by atoms with van der Waals surface area (Å²) in [6.45, 7) is -1.42. The molecule has 12 nitrogen and oxygen atoms in total. The van der Waals surface area contributed by atoms with Gasteiger partial charge in [-0.2, -0.15) is 10.2 Å². The summed E-state index contributed by atoms with van der Waals surface area (Å²) in [4.78, 5) is 72.8. The Kier molecular flexibility index (Phi) is 14.6. The molecule has 3 rings (SSSR count). The zero-order valence-corrected chi connectivity index (χ0v) is 27.1. The molecule has 3 aromatic carbocycles. The zero-order valence-electron chi connectivity index (χ0n) is 25.6. The second kappa shape index (κ2) is 18.8. The van der Waals surface area contributed by atoms with Crippen LogP contribution in [0.15, 0.2) is 83.0 Å². The van der Waals surface area contributed by atoms with E-state index in [0.717, 1.165) is 10.0 Å². The van der Waals surface area contributed by atoms with Crippen LogP contribution in [0.2, 0.25) is 10.0 Å². The molecule has 48 heavy (non-hydrogen) atoms. The van der Waals surface area contributed by atoms with Crippen LogP contribution in [0.25, 0.3) is 0 Å². The van der Waals surface area contributed by atoms with Crippen LogP contribution >= 0.6 is 23.2 Å². The Morgan fingerprint density at radius 2 is 0.917 bits per heavy atom. The van der Waals surface area contributed by atoms with Crippen LogP contribution in [-0.2, 0) is 41.6 Å². The number of hydrazone groups is 2. The highest BCUT2D eigenvalue weighted by Crippen LogP contribution is 2.18. The quantitative estimate of drug-likeness (QED) is 0.143. The van der Waals surface area contributed by atoms with Gasteiger partial charge in [0.15, 0.2) is 0 Å². The monoisotopic (exact) mass is 694 g/mol. The van der Waals surface area contributed by atoms with Gasteiger partial charge in [-0.25, -0.2) is 10.0 Å². The summed E-state index contributed by atoms with van der Waals surface area (Å²) in [5.41, 5.74) is 2.23. The highest BCUT2D eigenvalue weighted by Gasteiger charge is 2.19. The van der Waals surface area contributed by atoms with Gasteiger partial charge in [0.05, 0.1) is 12.4 Å². The number of ketones is 2. The van der Waals surface area contributed by atoms with Crippen molar-refractivity contribution in [1.29, 1.82) is 0 Å². The molecule has 0 aliphatic rings. The molecule has 0 atom stereocenters. The molecule has 0 aliphatic heterocycles. The average Bonchev–Trinajstić information content (AvgIpc) is 3.05. The smallest absolute Gasteiger partial charge is 0.325 e. The van der Waals surface area contributed by atoms with Crippen LogP contribution in [0.1, 0.15) is 47.9 Å². The van der Waals surface area contributed by atoms with Crippen molar-refractivity contribution in [2.45, 2.75) is 38.5 Å². The summed E-state index contributed by atoms with van der Waals surface area (Å²) in [5.74, 6) is -4.37. The average molecular weight is 696 g/mol. The number of carboxylic acids is 2. The number of carbonyl (C=O) groups is 6. The third-order valence-corrected chi connectivity index (χ3v) is 7.44. The molecule has 0 heterocycles. The number of aliphatic carboxylic acids is 2. The molecule has 2 amide bonds. The number of hydrogen-bond donors (Lipinski definition) is 2. The molecule has 14 heteroatoms. The van der Waals surface area contributed by atoms with Gasteiger partial charge in [-0.1, -0.05) is 83.9 Å². The molecule has 0 aliphatic carbocycles. The molecule has 0 radical (unpaired) electrons. The number of carboxylic acid groups (broad SMARTS) is 2. The van der Waals surface area contributed by atoms with E-state index >= 15 is 0 Å². The molecule has 0 saturated heterocycles. The van der Waals surface area contributed by atoms with Crippen molar-refractivity contribution in [1.82, 2.24) is 10.0 Å². The summed E-state index contributed by atoms with van der Waals surface area (Å²) in [7, 11) is 0. The van der Waals surface area contributed by atoms with E-state index in [0.29, 0.717) is 32.3 Å². The van der Waals surface area contributed by atoms with E-state index in [9.17, 15) is 39.0 Å². The largest absolute Gasteiger partial charge is 0.480 e. The first-order valence-corrected chi connectivity index (χ1v) is 15.4. The fourth-order valence-electron chi connectivity index (χ4n) is 4.22. The van der Waals surface area contributed by atoms with Gasteiger partial charge in [-0.05, 0) is 34.4 Å². The SMILES string of the molecule is O=C(O)CN(/N=C/c1ccc(/C=N/N(CC(=O)O)C(=O)CCC(=O)Cc2ccccc2Cl)cc1)C(=O)CCC(=O)Cc1ccccc1Cl. The summed E-state index contributed by atoms with van der Waals surface area (Å²) in [6.07, 6.45) is 1.89. The lowest BCUT2D eigenvalue weighted by atomic mass is 10.1. The number of Topliss-reactive ketones (excluding diaryl/α,β-unsaturated/α-hetero) is 2. The highest BCUT2D eigenvalue weighted by atomic mass is 35.5. The predicted molar refractivity (Wildman–Crippen MR) is 179 cm³/mol. The molecular weight excluding hydrogens is 663 g/mol. The van der Waals surface area contributed by atoms with E-state index in [1.807, 2.05) is 0 Å². The van der Waals surface area contributed by atoms with Crippen molar-refractivity contribution < 1.29 is 39.0 Å². The lowest BCUT2D eigenvalue weighted by Crippen LogP contribution is -2.31. The first kappa shape index (κ1) is 37.3. The van der Waals surface area contributed by atoms with Crippen LogP contribution in [0.3, 0.4) is 0 Å². The fraction of sp³-hybridized carbons (Fsp3) is 0.235. The molecule has 2 N–H and O–H groups in total. The fourth-order valence-corrected chi connectivity index (χ4v) is 4.62. The van der Waals surface area contributed by atoms with Crippen molar-refractivity contribution >= 4 is 71.0 Å². The summed E-state index contributed by atoms with van der Waals surface area (Å²) in [6, 6.07) is 20.0. The van der Waals surface area contributed by atoms with Crippen LogP contribution in [0.5, 0.6) is 0 Å². The van der Waals surface area contributed by atoms with Gasteiger partial charge < -0.3 is 10.2 Å². The van der Waals surface area contributed by atoms with E-state index in [-0.39, 0.29) is 50.1 Å². The lowest BCUT2D eigenvalue weighted by Gasteiger charge is -2.15. The van der Waals surface area contributed by atoms with E-state index in [2.05, 4.69) is 10.2 Å². The Labute approximate surface area is 286 Å². The van der Waals surface area contributed by atoms with E-state index in [1.165, 1.54) is 12.4 Å². The highest BCUT2D eigenvalue weighted by molar-refractivity contribution is 6.31. The standard InChI is InChI=1S/C34H32Cl2N4O8/c35-29-7-3-1-5-25(29)17-27(41)13-15-31(43)39(21-33(45)46)37-19-23-9-11-24(12-10-23)20-38-40(22-34(47)48)32(44)16-14-28(42)18-26-6-2-4-8-30(26)36/h1-12,19-20H,13-18,21-22H2,(H,45,46)(H,47,48)/b37-19+,38-20+. The molecule has 0 unspecified atom stereocenters. The van der Waals surface area contributed by atoms with Crippen molar-refractivity contribution in [3.8, 4) is 0 Å². The van der Waals surface area contributed by atoms with Gasteiger partial charge >= 0.3 is 11.9 Å². The number of amides is 2. The number of nitrogens with zero attached hydrogens (tertiary/aromatic N) is 4. The van der Waals surface area contributed by atoms with Gasteiger partial charge in [0, 0.05) is 48.6 Å². The molecule has 0 saturated carbocycles. The minimum atomic E-state index is -1.29. The maximum absolute atomic E-state index is 12.7. The molecule has 0 spiro atoms. The molecule has 0 fully saturated rings. The zero-order chi connectivity index (χ0) is 35.1. The van der Waals surface area contributed by atoms with Gasteiger partial charge in [-0.3, -0.25) is 28.8 Å². The van der Waals surface area contributed by atoms with Crippen LogP contribution in [-0.4, -0.2) is 81.1 Å². The van der Waals surface area contributed by atoms with Gasteiger partial charge in [0.25, 0.3) is 0 Å². The topological polar surface area (TPSA) is 174 Å². The second-order valence-electron chi connectivity index (χ2n) is 10.5.